The number of hydrogen-bond donors (Lipinski definition) is 1. The van der Waals surface area contributed by atoms with Gasteiger partial charge in [0.15, 0.2) is 0 Å². The Kier molecular flexibility index (Phi) is 6.22. The van der Waals surface area contributed by atoms with Gasteiger partial charge >= 0.3 is 0 Å². The number of hydrogen-bond acceptors (Lipinski definition) is 4. The van der Waals surface area contributed by atoms with E-state index in [4.69, 9.17) is 4.74 Å². The Hall–Kier alpha value is -2.16. The monoisotopic (exact) mass is 405 g/mol. The van der Waals surface area contributed by atoms with Crippen molar-refractivity contribution >= 4 is 15.9 Å². The van der Waals surface area contributed by atoms with Crippen molar-refractivity contribution in [2.24, 2.45) is 0 Å². The van der Waals surface area contributed by atoms with Crippen LogP contribution in [0.25, 0.3) is 0 Å². The topological polar surface area (TPSA) is 80.6 Å². The van der Waals surface area contributed by atoms with E-state index in [1.54, 1.807) is 24.3 Å². The predicted molar refractivity (Wildman–Crippen MR) is 107 cm³/mol. The van der Waals surface area contributed by atoms with E-state index in [-0.39, 0.29) is 10.8 Å². The molecule has 0 unspecified atom stereocenters. The summed E-state index contributed by atoms with van der Waals surface area (Å²) in [5, 5.41) is 2.91. The molecule has 0 aliphatic carbocycles. The highest BCUT2D eigenvalue weighted by molar-refractivity contribution is 7.89. The minimum atomic E-state index is -3.50. The maximum absolute atomic E-state index is 12.6. The number of amides is 1. The van der Waals surface area contributed by atoms with Gasteiger partial charge in [0, 0.05) is 37.6 Å². The number of sulfonamides is 1. The smallest absolute Gasteiger partial charge is 0.253 e. The molecular formula is C20H27N3O4S. The van der Waals surface area contributed by atoms with Gasteiger partial charge in [-0.05, 0) is 44.5 Å². The molecule has 152 valence electrons. The van der Waals surface area contributed by atoms with Gasteiger partial charge in [-0.3, -0.25) is 4.79 Å². The number of rotatable bonds is 6. The highest BCUT2D eigenvalue weighted by Gasteiger charge is 2.26. The lowest BCUT2D eigenvalue weighted by atomic mass is 10.2. The van der Waals surface area contributed by atoms with Gasteiger partial charge in [-0.25, -0.2) is 8.42 Å². The molecule has 7 nitrogen and oxygen atoms in total. The first kappa shape index (κ1) is 20.6. The summed E-state index contributed by atoms with van der Waals surface area (Å²) in [6.45, 7) is 8.72. The van der Waals surface area contributed by atoms with Gasteiger partial charge in [0.25, 0.3) is 5.91 Å². The summed E-state index contributed by atoms with van der Waals surface area (Å²) in [6, 6.07) is 8.56. The summed E-state index contributed by atoms with van der Waals surface area (Å²) in [5.41, 5.74) is 3.52. The van der Waals surface area contributed by atoms with Crippen molar-refractivity contribution in [2.75, 3.05) is 26.3 Å². The zero-order valence-corrected chi connectivity index (χ0v) is 17.4. The zero-order chi connectivity index (χ0) is 20.3. The number of nitrogens with one attached hydrogen (secondary N) is 1. The zero-order valence-electron chi connectivity index (χ0n) is 16.6. The van der Waals surface area contributed by atoms with Crippen molar-refractivity contribution in [3.63, 3.8) is 0 Å². The average molecular weight is 406 g/mol. The predicted octanol–water partition coefficient (Wildman–Crippen LogP) is 2.08. The van der Waals surface area contributed by atoms with Crippen LogP contribution in [0, 0.1) is 13.8 Å². The molecule has 2 heterocycles. The molecule has 1 aliphatic rings. The van der Waals surface area contributed by atoms with Gasteiger partial charge in [0.2, 0.25) is 10.0 Å². The molecular weight excluding hydrogens is 378 g/mol. The Morgan fingerprint density at radius 3 is 2.36 bits per heavy atom. The van der Waals surface area contributed by atoms with Crippen LogP contribution in [-0.4, -0.2) is 49.5 Å². The molecule has 0 atom stereocenters. The lowest BCUT2D eigenvalue weighted by Gasteiger charge is -2.26. The van der Waals surface area contributed by atoms with E-state index in [1.165, 1.54) is 4.31 Å². The van der Waals surface area contributed by atoms with Crippen LogP contribution in [0.2, 0.25) is 0 Å². The van der Waals surface area contributed by atoms with Gasteiger partial charge in [-0.2, -0.15) is 4.31 Å². The van der Waals surface area contributed by atoms with Gasteiger partial charge in [0.1, 0.15) is 0 Å². The van der Waals surface area contributed by atoms with E-state index in [1.807, 2.05) is 26.8 Å². The first-order chi connectivity index (χ1) is 13.3. The molecule has 1 saturated heterocycles. The van der Waals surface area contributed by atoms with E-state index >= 15 is 0 Å². The summed E-state index contributed by atoms with van der Waals surface area (Å²) in [7, 11) is -3.50. The summed E-state index contributed by atoms with van der Waals surface area (Å²) in [6.07, 6.45) is 0. The third-order valence-electron chi connectivity index (χ3n) is 5.12. The number of carbonyl (C=O) groups excluding carboxylic acids is 1. The molecule has 1 N–H and O–H groups in total. The lowest BCUT2D eigenvalue weighted by molar-refractivity contribution is 0.0730. The van der Waals surface area contributed by atoms with Gasteiger partial charge in [-0.1, -0.05) is 12.1 Å². The molecule has 1 aromatic heterocycles. The molecule has 1 fully saturated rings. The largest absolute Gasteiger partial charge is 0.379 e. The van der Waals surface area contributed by atoms with Crippen molar-refractivity contribution < 1.29 is 17.9 Å². The number of aromatic nitrogens is 1. The molecule has 1 amide bonds. The first-order valence-corrected chi connectivity index (χ1v) is 10.9. The van der Waals surface area contributed by atoms with E-state index in [9.17, 15) is 13.2 Å². The Labute approximate surface area is 166 Å². The molecule has 2 aromatic rings. The normalized spacial score (nSPS) is 15.5. The highest BCUT2D eigenvalue weighted by atomic mass is 32.2. The van der Waals surface area contributed by atoms with E-state index in [2.05, 4.69) is 9.88 Å². The molecule has 3 rings (SSSR count). The van der Waals surface area contributed by atoms with Crippen LogP contribution in [-0.2, 0) is 27.8 Å². The second-order valence-corrected chi connectivity index (χ2v) is 8.81. The number of carbonyl (C=O) groups is 1. The number of morpholine rings is 1. The summed E-state index contributed by atoms with van der Waals surface area (Å²) >= 11 is 0. The van der Waals surface area contributed by atoms with Crippen molar-refractivity contribution in [1.82, 2.24) is 14.2 Å². The summed E-state index contributed by atoms with van der Waals surface area (Å²) in [4.78, 5) is 12.8. The Morgan fingerprint density at radius 1 is 1.14 bits per heavy atom. The molecule has 0 saturated carbocycles. The van der Waals surface area contributed by atoms with Crippen LogP contribution in [0.15, 0.2) is 35.2 Å². The van der Waals surface area contributed by atoms with Crippen LogP contribution < -0.4 is 5.32 Å². The third kappa shape index (κ3) is 4.14. The van der Waals surface area contributed by atoms with Crippen LogP contribution in [0.4, 0.5) is 0 Å². The molecule has 1 aromatic carbocycles. The fourth-order valence-corrected chi connectivity index (χ4v) is 4.92. The highest BCUT2D eigenvalue weighted by Crippen LogP contribution is 2.18. The van der Waals surface area contributed by atoms with E-state index < -0.39 is 10.0 Å². The number of ether oxygens (including phenoxy) is 1. The number of benzene rings is 1. The second kappa shape index (κ2) is 8.46. The molecule has 0 bridgehead atoms. The molecule has 0 radical (unpaired) electrons. The maximum atomic E-state index is 12.6. The molecule has 8 heteroatoms. The number of aryl methyl sites for hydroxylation is 1. The van der Waals surface area contributed by atoms with Crippen LogP contribution >= 0.6 is 0 Å². The van der Waals surface area contributed by atoms with E-state index in [0.717, 1.165) is 23.5 Å². The Bertz CT molecular complexity index is 943. The van der Waals surface area contributed by atoms with Gasteiger partial charge < -0.3 is 14.6 Å². The van der Waals surface area contributed by atoms with Crippen molar-refractivity contribution in [3.8, 4) is 0 Å². The molecule has 1 aliphatic heterocycles. The van der Waals surface area contributed by atoms with Gasteiger partial charge in [0.05, 0.1) is 23.7 Å². The van der Waals surface area contributed by atoms with Gasteiger partial charge in [-0.15, -0.1) is 0 Å². The Morgan fingerprint density at radius 2 is 1.79 bits per heavy atom. The quantitative estimate of drug-likeness (QED) is 0.798. The summed E-state index contributed by atoms with van der Waals surface area (Å²) in [5.74, 6) is -0.127. The standard InChI is InChI=1S/C20H27N3O4S/c1-4-23-15(2)13-19(16(23)3)20(24)21-14-17-5-7-18(8-6-17)28(25,26)22-9-11-27-12-10-22/h5-8,13H,4,9-12,14H2,1-3H3,(H,21,24). The fraction of sp³-hybridized carbons (Fsp3) is 0.450. The summed E-state index contributed by atoms with van der Waals surface area (Å²) < 4.78 is 34.1. The second-order valence-electron chi connectivity index (χ2n) is 6.87. The van der Waals surface area contributed by atoms with Crippen molar-refractivity contribution in [1.29, 1.82) is 0 Å². The maximum Gasteiger partial charge on any atom is 0.253 e. The van der Waals surface area contributed by atoms with Crippen molar-refractivity contribution in [3.05, 3.63) is 52.8 Å². The minimum absolute atomic E-state index is 0.127. The average Bonchev–Trinajstić information content (AvgIpc) is 3.00. The van der Waals surface area contributed by atoms with Crippen LogP contribution in [0.1, 0.15) is 34.2 Å². The third-order valence-corrected chi connectivity index (χ3v) is 7.03. The van der Waals surface area contributed by atoms with Crippen LogP contribution in [0.5, 0.6) is 0 Å². The SMILES string of the molecule is CCn1c(C)cc(C(=O)NCc2ccc(S(=O)(=O)N3CCOCC3)cc2)c1C. The minimum Gasteiger partial charge on any atom is -0.379 e. The number of nitrogens with zero attached hydrogens (tertiary/aromatic N) is 2. The first-order valence-electron chi connectivity index (χ1n) is 9.46. The lowest BCUT2D eigenvalue weighted by Crippen LogP contribution is -2.40. The van der Waals surface area contributed by atoms with Crippen molar-refractivity contribution in [2.45, 2.75) is 38.8 Å². The van der Waals surface area contributed by atoms with E-state index in [0.29, 0.717) is 38.4 Å². The molecule has 0 spiro atoms. The molecule has 28 heavy (non-hydrogen) atoms. The van der Waals surface area contributed by atoms with Crippen LogP contribution in [0.3, 0.4) is 0 Å². The fourth-order valence-electron chi connectivity index (χ4n) is 3.51. The Balaban J connectivity index is 1.65.